The van der Waals surface area contributed by atoms with Gasteiger partial charge in [0.1, 0.15) is 12.1 Å². The molecule has 2 aromatic rings. The predicted octanol–water partition coefficient (Wildman–Crippen LogP) is 2.81. The maximum atomic E-state index is 4.24. The summed E-state index contributed by atoms with van der Waals surface area (Å²) in [6, 6.07) is 11.0. The average molecular weight is 270 g/mol. The Kier molecular flexibility index (Phi) is 4.69. The van der Waals surface area contributed by atoms with Gasteiger partial charge in [-0.3, -0.25) is 0 Å². The fraction of sp³-hybridized carbons (Fsp3) is 0.375. The van der Waals surface area contributed by atoms with Gasteiger partial charge in [-0.1, -0.05) is 29.8 Å². The Hall–Kier alpha value is -1.94. The largest absolute Gasteiger partial charge is 0.368 e. The van der Waals surface area contributed by atoms with Crippen LogP contribution in [0, 0.1) is 13.8 Å². The van der Waals surface area contributed by atoms with Crippen molar-refractivity contribution in [2.24, 2.45) is 0 Å². The second-order valence-electron chi connectivity index (χ2n) is 5.32. The lowest BCUT2D eigenvalue weighted by atomic mass is 10.0. The summed E-state index contributed by atoms with van der Waals surface area (Å²) in [6.07, 6.45) is 1.59. The molecule has 1 N–H and O–H groups in total. The van der Waals surface area contributed by atoms with Gasteiger partial charge >= 0.3 is 0 Å². The molecule has 1 aromatic heterocycles. The number of hydrogen-bond donors (Lipinski definition) is 1. The SMILES string of the molecule is Cc1ccc(C(CNc2cc(C)ncn2)N(C)C)cc1. The van der Waals surface area contributed by atoms with E-state index in [1.54, 1.807) is 6.33 Å². The molecule has 106 valence electrons. The van der Waals surface area contributed by atoms with Crippen LogP contribution in [0.1, 0.15) is 22.9 Å². The molecule has 1 heterocycles. The lowest BCUT2D eigenvalue weighted by molar-refractivity contribution is 0.311. The molecule has 0 aliphatic heterocycles. The first-order chi connectivity index (χ1) is 9.56. The molecule has 4 nitrogen and oxygen atoms in total. The molecule has 0 fully saturated rings. The molecule has 0 spiro atoms. The van der Waals surface area contributed by atoms with Crippen LogP contribution >= 0.6 is 0 Å². The summed E-state index contributed by atoms with van der Waals surface area (Å²) < 4.78 is 0. The van der Waals surface area contributed by atoms with E-state index in [1.165, 1.54) is 11.1 Å². The zero-order valence-corrected chi connectivity index (χ0v) is 12.6. The zero-order chi connectivity index (χ0) is 14.5. The Morgan fingerprint density at radius 1 is 1.10 bits per heavy atom. The number of rotatable bonds is 5. The van der Waals surface area contributed by atoms with E-state index in [0.717, 1.165) is 18.1 Å². The minimum absolute atomic E-state index is 0.311. The van der Waals surface area contributed by atoms with Gasteiger partial charge in [-0.25, -0.2) is 9.97 Å². The van der Waals surface area contributed by atoms with Crippen LogP contribution in [0.5, 0.6) is 0 Å². The molecule has 1 aromatic carbocycles. The van der Waals surface area contributed by atoms with Crippen molar-refractivity contribution in [3.05, 3.63) is 53.5 Å². The van der Waals surface area contributed by atoms with Crippen LogP contribution in [0.2, 0.25) is 0 Å². The van der Waals surface area contributed by atoms with Crippen molar-refractivity contribution < 1.29 is 0 Å². The quantitative estimate of drug-likeness (QED) is 0.907. The molecule has 2 rings (SSSR count). The first-order valence-electron chi connectivity index (χ1n) is 6.82. The van der Waals surface area contributed by atoms with E-state index in [4.69, 9.17) is 0 Å². The van der Waals surface area contributed by atoms with Crippen molar-refractivity contribution in [1.29, 1.82) is 0 Å². The molecular formula is C16H22N4. The van der Waals surface area contributed by atoms with E-state index in [9.17, 15) is 0 Å². The first-order valence-corrected chi connectivity index (χ1v) is 6.82. The van der Waals surface area contributed by atoms with Crippen molar-refractivity contribution in [3.63, 3.8) is 0 Å². The molecule has 0 saturated heterocycles. The summed E-state index contributed by atoms with van der Waals surface area (Å²) in [7, 11) is 4.19. The standard InChI is InChI=1S/C16H22N4/c1-12-5-7-14(8-6-12)15(20(3)4)10-17-16-9-13(2)18-11-19-16/h5-9,11,15H,10H2,1-4H3,(H,17,18,19). The molecule has 0 aliphatic rings. The van der Waals surface area contributed by atoms with Gasteiger partial charge in [0.15, 0.2) is 0 Å². The molecule has 0 radical (unpaired) electrons. The van der Waals surface area contributed by atoms with E-state index in [2.05, 4.69) is 65.5 Å². The zero-order valence-electron chi connectivity index (χ0n) is 12.6. The van der Waals surface area contributed by atoms with Gasteiger partial charge in [-0.15, -0.1) is 0 Å². The summed E-state index contributed by atoms with van der Waals surface area (Å²) in [5.74, 6) is 0.872. The molecule has 1 atom stereocenters. The molecule has 0 saturated carbocycles. The van der Waals surface area contributed by atoms with Crippen LogP contribution in [-0.2, 0) is 0 Å². The number of aryl methyl sites for hydroxylation is 2. The number of nitrogens with zero attached hydrogens (tertiary/aromatic N) is 3. The third-order valence-electron chi connectivity index (χ3n) is 3.37. The second kappa shape index (κ2) is 6.48. The first kappa shape index (κ1) is 14.5. The van der Waals surface area contributed by atoms with Crippen LogP contribution in [0.25, 0.3) is 0 Å². The van der Waals surface area contributed by atoms with Crippen molar-refractivity contribution >= 4 is 5.82 Å². The van der Waals surface area contributed by atoms with Gasteiger partial charge in [-0.05, 0) is 33.5 Å². The van der Waals surface area contributed by atoms with E-state index in [0.29, 0.717) is 6.04 Å². The lowest BCUT2D eigenvalue weighted by Gasteiger charge is -2.25. The van der Waals surface area contributed by atoms with Crippen molar-refractivity contribution in [2.45, 2.75) is 19.9 Å². The smallest absolute Gasteiger partial charge is 0.129 e. The Morgan fingerprint density at radius 2 is 1.80 bits per heavy atom. The molecule has 0 aliphatic carbocycles. The molecule has 0 bridgehead atoms. The van der Waals surface area contributed by atoms with Crippen molar-refractivity contribution in [2.75, 3.05) is 26.0 Å². The maximum absolute atomic E-state index is 4.24. The van der Waals surface area contributed by atoms with Crippen LogP contribution in [0.4, 0.5) is 5.82 Å². The van der Waals surface area contributed by atoms with Crippen LogP contribution in [0.3, 0.4) is 0 Å². The molecule has 0 amide bonds. The predicted molar refractivity (Wildman–Crippen MR) is 82.9 cm³/mol. The highest BCUT2D eigenvalue weighted by Gasteiger charge is 2.13. The summed E-state index contributed by atoms with van der Waals surface area (Å²) >= 11 is 0. The summed E-state index contributed by atoms with van der Waals surface area (Å²) in [5.41, 5.74) is 3.56. The average Bonchev–Trinajstić information content (AvgIpc) is 2.41. The minimum Gasteiger partial charge on any atom is -0.368 e. The van der Waals surface area contributed by atoms with E-state index < -0.39 is 0 Å². The second-order valence-corrected chi connectivity index (χ2v) is 5.32. The van der Waals surface area contributed by atoms with Crippen molar-refractivity contribution in [1.82, 2.24) is 14.9 Å². The topological polar surface area (TPSA) is 41.1 Å². The normalized spacial score (nSPS) is 12.4. The monoisotopic (exact) mass is 270 g/mol. The number of likely N-dealkylation sites (N-methyl/N-ethyl adjacent to an activating group) is 1. The van der Waals surface area contributed by atoms with Crippen LogP contribution in [-0.4, -0.2) is 35.5 Å². The third kappa shape index (κ3) is 3.78. The van der Waals surface area contributed by atoms with Crippen LogP contribution in [0.15, 0.2) is 36.7 Å². The Morgan fingerprint density at radius 3 is 2.40 bits per heavy atom. The Labute approximate surface area is 120 Å². The van der Waals surface area contributed by atoms with Gasteiger partial charge < -0.3 is 10.2 Å². The number of aromatic nitrogens is 2. The number of anilines is 1. The lowest BCUT2D eigenvalue weighted by Crippen LogP contribution is -2.27. The molecule has 20 heavy (non-hydrogen) atoms. The maximum Gasteiger partial charge on any atom is 0.129 e. The fourth-order valence-electron chi connectivity index (χ4n) is 2.14. The third-order valence-corrected chi connectivity index (χ3v) is 3.37. The fourth-order valence-corrected chi connectivity index (χ4v) is 2.14. The highest BCUT2D eigenvalue weighted by molar-refractivity contribution is 5.35. The number of nitrogens with one attached hydrogen (secondary N) is 1. The van der Waals surface area contributed by atoms with Gasteiger partial charge in [0.2, 0.25) is 0 Å². The summed E-state index contributed by atoms with van der Waals surface area (Å²) in [6.45, 7) is 4.89. The van der Waals surface area contributed by atoms with Gasteiger partial charge in [0.25, 0.3) is 0 Å². The van der Waals surface area contributed by atoms with Crippen LogP contribution < -0.4 is 5.32 Å². The highest BCUT2D eigenvalue weighted by Crippen LogP contribution is 2.19. The minimum atomic E-state index is 0.311. The highest BCUT2D eigenvalue weighted by atomic mass is 15.1. The Balaban J connectivity index is 2.08. The van der Waals surface area contributed by atoms with Gasteiger partial charge in [0.05, 0.1) is 6.04 Å². The van der Waals surface area contributed by atoms with Crippen molar-refractivity contribution in [3.8, 4) is 0 Å². The number of hydrogen-bond acceptors (Lipinski definition) is 4. The molecule has 4 heteroatoms. The van der Waals surface area contributed by atoms with Gasteiger partial charge in [-0.2, -0.15) is 0 Å². The van der Waals surface area contributed by atoms with E-state index in [-0.39, 0.29) is 0 Å². The van der Waals surface area contributed by atoms with Gasteiger partial charge in [0, 0.05) is 18.3 Å². The molecular weight excluding hydrogens is 248 g/mol. The summed E-state index contributed by atoms with van der Waals surface area (Å²) in [5, 5.41) is 3.39. The number of benzene rings is 1. The Bertz CT molecular complexity index is 549. The van der Waals surface area contributed by atoms with E-state index >= 15 is 0 Å². The summed E-state index contributed by atoms with van der Waals surface area (Å²) in [4.78, 5) is 10.6. The molecule has 1 unspecified atom stereocenters. The van der Waals surface area contributed by atoms with E-state index in [1.807, 2.05) is 13.0 Å².